The molecule has 1 atom stereocenters. The average Bonchev–Trinajstić information content (AvgIpc) is 3.05. The molecule has 3 aromatic heterocycles. The third-order valence-corrected chi connectivity index (χ3v) is 8.07. The highest BCUT2D eigenvalue weighted by Crippen LogP contribution is 2.35. The lowest BCUT2D eigenvalue weighted by molar-refractivity contribution is 0.0894. The van der Waals surface area contributed by atoms with E-state index in [0.717, 1.165) is 12.0 Å². The SMILES string of the molecule is CC(C)CC(C)(Cc1ccccc1)NC(=O)c1cc2cccc(F)c2nc1-c1cccnc1-c1cccc(Oc2ccc(Cl)cc2)n1. The fourth-order valence-electron chi connectivity index (χ4n) is 6.02. The van der Waals surface area contributed by atoms with Gasteiger partial charge in [-0.2, -0.15) is 0 Å². The molecule has 0 saturated carbocycles. The highest BCUT2D eigenvalue weighted by Gasteiger charge is 2.30. The summed E-state index contributed by atoms with van der Waals surface area (Å²) < 4.78 is 21.1. The lowest BCUT2D eigenvalue weighted by Crippen LogP contribution is -2.48. The quantitative estimate of drug-likeness (QED) is 0.161. The Morgan fingerprint density at radius 2 is 1.66 bits per heavy atom. The Morgan fingerprint density at radius 3 is 2.43 bits per heavy atom. The minimum atomic E-state index is -0.562. The molecule has 3 aromatic carbocycles. The maximum absolute atomic E-state index is 15.2. The van der Waals surface area contributed by atoms with Crippen molar-refractivity contribution in [3.63, 3.8) is 0 Å². The number of nitrogens with one attached hydrogen (secondary N) is 1. The van der Waals surface area contributed by atoms with E-state index < -0.39 is 11.4 Å². The maximum atomic E-state index is 15.2. The van der Waals surface area contributed by atoms with Crippen molar-refractivity contribution in [1.82, 2.24) is 20.3 Å². The van der Waals surface area contributed by atoms with E-state index in [1.165, 1.54) is 6.07 Å². The van der Waals surface area contributed by atoms with Crippen LogP contribution in [0, 0.1) is 11.7 Å². The lowest BCUT2D eigenvalue weighted by Gasteiger charge is -2.33. The number of rotatable bonds is 10. The molecule has 47 heavy (non-hydrogen) atoms. The van der Waals surface area contributed by atoms with Crippen molar-refractivity contribution in [3.05, 3.63) is 137 Å². The number of carbonyl (C=O) groups is 1. The van der Waals surface area contributed by atoms with Gasteiger partial charge in [0.1, 0.15) is 17.1 Å². The number of para-hydroxylation sites is 1. The number of nitrogens with zero attached hydrogens (tertiary/aromatic N) is 3. The number of benzene rings is 3. The zero-order valence-electron chi connectivity index (χ0n) is 26.4. The van der Waals surface area contributed by atoms with Crippen LogP contribution in [0.15, 0.2) is 115 Å². The van der Waals surface area contributed by atoms with Crippen LogP contribution in [0.3, 0.4) is 0 Å². The Labute approximate surface area is 278 Å². The lowest BCUT2D eigenvalue weighted by atomic mass is 9.84. The van der Waals surface area contributed by atoms with Crippen LogP contribution in [-0.4, -0.2) is 26.4 Å². The van der Waals surface area contributed by atoms with Crippen molar-refractivity contribution in [2.45, 2.75) is 39.2 Å². The number of aromatic nitrogens is 3. The van der Waals surface area contributed by atoms with Crippen LogP contribution in [0.5, 0.6) is 11.6 Å². The number of fused-ring (bicyclic) bond motifs is 1. The Balaban J connectivity index is 1.44. The van der Waals surface area contributed by atoms with E-state index in [4.69, 9.17) is 26.3 Å². The molecule has 236 valence electrons. The zero-order valence-corrected chi connectivity index (χ0v) is 27.1. The largest absolute Gasteiger partial charge is 0.439 e. The Morgan fingerprint density at radius 1 is 0.894 bits per heavy atom. The predicted octanol–water partition coefficient (Wildman–Crippen LogP) is 9.72. The summed E-state index contributed by atoms with van der Waals surface area (Å²) in [6, 6.07) is 32.5. The van der Waals surface area contributed by atoms with E-state index in [2.05, 4.69) is 43.2 Å². The number of ether oxygens (including phenoxy) is 1. The van der Waals surface area contributed by atoms with Gasteiger partial charge in [0.25, 0.3) is 5.91 Å². The third kappa shape index (κ3) is 7.47. The number of carbonyl (C=O) groups excluding carboxylic acids is 1. The summed E-state index contributed by atoms with van der Waals surface area (Å²) in [5, 5.41) is 4.46. The number of pyridine rings is 3. The van der Waals surface area contributed by atoms with Crippen LogP contribution in [0.25, 0.3) is 33.5 Å². The smallest absolute Gasteiger partial charge is 0.253 e. The highest BCUT2D eigenvalue weighted by atomic mass is 35.5. The number of amides is 1. The summed E-state index contributed by atoms with van der Waals surface area (Å²) in [4.78, 5) is 28.5. The van der Waals surface area contributed by atoms with E-state index in [0.29, 0.717) is 62.6 Å². The van der Waals surface area contributed by atoms with Crippen molar-refractivity contribution >= 4 is 28.4 Å². The van der Waals surface area contributed by atoms with Gasteiger partial charge in [0.15, 0.2) is 0 Å². The van der Waals surface area contributed by atoms with E-state index in [9.17, 15) is 4.79 Å². The van der Waals surface area contributed by atoms with Gasteiger partial charge in [0.05, 0.1) is 22.6 Å². The van der Waals surface area contributed by atoms with E-state index >= 15 is 4.39 Å². The van der Waals surface area contributed by atoms with Crippen LogP contribution in [0.1, 0.15) is 43.1 Å². The predicted molar refractivity (Wildman–Crippen MR) is 185 cm³/mol. The first kappa shape index (κ1) is 31.8. The molecule has 1 N–H and O–H groups in total. The maximum Gasteiger partial charge on any atom is 0.253 e. The summed E-state index contributed by atoms with van der Waals surface area (Å²) in [5.41, 5.74) is 2.85. The van der Waals surface area contributed by atoms with Crippen molar-refractivity contribution < 1.29 is 13.9 Å². The molecule has 1 amide bonds. The first-order chi connectivity index (χ1) is 22.7. The Kier molecular flexibility index (Phi) is 9.27. The van der Waals surface area contributed by atoms with Crippen molar-refractivity contribution in [2.24, 2.45) is 5.92 Å². The second kappa shape index (κ2) is 13.7. The van der Waals surface area contributed by atoms with Crippen LogP contribution in [-0.2, 0) is 6.42 Å². The molecule has 0 aliphatic heterocycles. The molecule has 0 fully saturated rings. The van der Waals surface area contributed by atoms with Gasteiger partial charge in [-0.3, -0.25) is 9.78 Å². The van der Waals surface area contributed by atoms with E-state index in [1.54, 1.807) is 60.8 Å². The van der Waals surface area contributed by atoms with Crippen LogP contribution in [0.4, 0.5) is 4.39 Å². The van der Waals surface area contributed by atoms with Crippen LogP contribution >= 0.6 is 11.6 Å². The molecule has 0 aliphatic rings. The topological polar surface area (TPSA) is 77.0 Å². The van der Waals surface area contributed by atoms with Gasteiger partial charge >= 0.3 is 0 Å². The molecule has 8 heteroatoms. The van der Waals surface area contributed by atoms with Gasteiger partial charge in [-0.15, -0.1) is 0 Å². The van der Waals surface area contributed by atoms with Crippen molar-refractivity contribution in [1.29, 1.82) is 0 Å². The Hall–Kier alpha value is -5.14. The minimum absolute atomic E-state index is 0.163. The van der Waals surface area contributed by atoms with Gasteiger partial charge in [-0.1, -0.05) is 74.0 Å². The molecule has 1 unspecified atom stereocenters. The second-order valence-electron chi connectivity index (χ2n) is 12.3. The van der Waals surface area contributed by atoms with Gasteiger partial charge in [-0.05, 0) is 85.8 Å². The van der Waals surface area contributed by atoms with Gasteiger partial charge in [0, 0.05) is 33.8 Å². The number of hydrogen-bond acceptors (Lipinski definition) is 5. The van der Waals surface area contributed by atoms with E-state index in [-0.39, 0.29) is 11.4 Å². The van der Waals surface area contributed by atoms with Gasteiger partial charge in [0.2, 0.25) is 5.88 Å². The van der Waals surface area contributed by atoms with Gasteiger partial charge in [-0.25, -0.2) is 14.4 Å². The second-order valence-corrected chi connectivity index (χ2v) is 12.7. The monoisotopic (exact) mass is 644 g/mol. The molecule has 0 radical (unpaired) electrons. The molecule has 3 heterocycles. The molecule has 6 aromatic rings. The summed E-state index contributed by atoms with van der Waals surface area (Å²) in [6.45, 7) is 6.35. The standard InChI is InChI=1S/C39H34ClFN4O2/c1-25(2)23-39(3,24-26-10-5-4-6-11-26)45-38(46)31-22-27-12-7-14-32(41)35(27)44-36(31)30-13-9-21-42-37(30)33-15-8-16-34(43-33)47-29-19-17-28(40)18-20-29/h4-22,25H,23-24H2,1-3H3,(H,45,46). The van der Waals surface area contributed by atoms with Gasteiger partial charge < -0.3 is 10.1 Å². The summed E-state index contributed by atoms with van der Waals surface area (Å²) >= 11 is 6.03. The summed E-state index contributed by atoms with van der Waals surface area (Å²) in [6.07, 6.45) is 3.04. The first-order valence-electron chi connectivity index (χ1n) is 15.5. The number of halogens is 2. The molecule has 0 bridgehead atoms. The van der Waals surface area contributed by atoms with Crippen molar-refractivity contribution in [2.75, 3.05) is 0 Å². The molecule has 0 spiro atoms. The fraction of sp³-hybridized carbons (Fsp3) is 0.179. The van der Waals surface area contributed by atoms with Crippen LogP contribution in [0.2, 0.25) is 5.02 Å². The highest BCUT2D eigenvalue weighted by molar-refractivity contribution is 6.30. The molecule has 0 aliphatic carbocycles. The summed E-state index contributed by atoms with van der Waals surface area (Å²) in [7, 11) is 0. The van der Waals surface area contributed by atoms with Crippen LogP contribution < -0.4 is 10.1 Å². The molecule has 6 rings (SSSR count). The zero-order chi connectivity index (χ0) is 33.0. The summed E-state index contributed by atoms with van der Waals surface area (Å²) in [5.74, 6) is 0.463. The fourth-order valence-corrected chi connectivity index (χ4v) is 6.15. The number of hydrogen-bond donors (Lipinski definition) is 1. The molecule has 6 nitrogen and oxygen atoms in total. The average molecular weight is 645 g/mol. The molecular weight excluding hydrogens is 611 g/mol. The normalized spacial score (nSPS) is 12.6. The molecular formula is C39H34ClFN4O2. The molecule has 0 saturated heterocycles. The third-order valence-electron chi connectivity index (χ3n) is 7.82. The van der Waals surface area contributed by atoms with Crippen molar-refractivity contribution in [3.8, 4) is 34.3 Å². The first-order valence-corrected chi connectivity index (χ1v) is 15.9. The van der Waals surface area contributed by atoms with E-state index in [1.807, 2.05) is 36.4 Å². The minimum Gasteiger partial charge on any atom is -0.439 e. The Bertz CT molecular complexity index is 2040.